The lowest BCUT2D eigenvalue weighted by atomic mass is 10.1. The fourth-order valence-electron chi connectivity index (χ4n) is 3.64. The second kappa shape index (κ2) is 9.56. The summed E-state index contributed by atoms with van der Waals surface area (Å²) < 4.78 is 0. The number of hydrogen-bond acceptors (Lipinski definition) is 3. The van der Waals surface area contributed by atoms with Crippen molar-refractivity contribution in [1.82, 2.24) is 4.90 Å². The lowest BCUT2D eigenvalue weighted by Crippen LogP contribution is -3.11. The van der Waals surface area contributed by atoms with E-state index in [0.717, 1.165) is 47.9 Å². The zero-order chi connectivity index (χ0) is 20.8. The van der Waals surface area contributed by atoms with E-state index in [1.165, 1.54) is 5.69 Å². The highest BCUT2D eigenvalue weighted by atomic mass is 16.2. The molecule has 6 heteroatoms. The maximum Gasteiger partial charge on any atom is 0.279 e. The van der Waals surface area contributed by atoms with Gasteiger partial charge in [-0.05, 0) is 43.2 Å². The Bertz CT molecular complexity index is 845. The Morgan fingerprint density at radius 2 is 1.62 bits per heavy atom. The lowest BCUT2D eigenvalue weighted by molar-refractivity contribution is -0.862. The van der Waals surface area contributed by atoms with E-state index in [-0.39, 0.29) is 18.4 Å². The summed E-state index contributed by atoms with van der Waals surface area (Å²) in [5, 5.41) is 2.97. The van der Waals surface area contributed by atoms with Crippen LogP contribution in [0, 0.1) is 13.8 Å². The Hall–Kier alpha value is -2.86. The molecule has 0 bridgehead atoms. The summed E-state index contributed by atoms with van der Waals surface area (Å²) in [6.07, 6.45) is 0. The van der Waals surface area contributed by atoms with Gasteiger partial charge >= 0.3 is 0 Å². The number of benzene rings is 2. The van der Waals surface area contributed by atoms with Crippen molar-refractivity contribution in [2.75, 3.05) is 56.5 Å². The Morgan fingerprint density at radius 3 is 2.31 bits per heavy atom. The smallest absolute Gasteiger partial charge is 0.279 e. The number of hydrogen-bond donors (Lipinski definition) is 2. The minimum atomic E-state index is -0.0714. The molecule has 1 fully saturated rings. The van der Waals surface area contributed by atoms with Gasteiger partial charge in [0.05, 0.1) is 7.05 Å². The maximum atomic E-state index is 12.6. The van der Waals surface area contributed by atoms with E-state index in [1.54, 1.807) is 0 Å². The monoisotopic (exact) mass is 395 g/mol. The van der Waals surface area contributed by atoms with Crippen molar-refractivity contribution in [1.29, 1.82) is 0 Å². The fourth-order valence-corrected chi connectivity index (χ4v) is 3.64. The number of quaternary nitrogens is 1. The van der Waals surface area contributed by atoms with Gasteiger partial charge in [-0.25, -0.2) is 0 Å². The molecule has 29 heavy (non-hydrogen) atoms. The fraction of sp³-hybridized carbons (Fsp3) is 0.391. The molecule has 1 atom stereocenters. The summed E-state index contributed by atoms with van der Waals surface area (Å²) in [5.74, 6) is 0.0349. The van der Waals surface area contributed by atoms with Crippen LogP contribution in [-0.4, -0.2) is 63.0 Å². The van der Waals surface area contributed by atoms with Crippen LogP contribution in [0.4, 0.5) is 11.4 Å². The van der Waals surface area contributed by atoms with E-state index in [0.29, 0.717) is 6.54 Å². The summed E-state index contributed by atoms with van der Waals surface area (Å²) in [5.41, 5.74) is 4.26. The minimum absolute atomic E-state index is 0.0714. The van der Waals surface area contributed by atoms with Gasteiger partial charge in [-0.3, -0.25) is 9.59 Å². The number of carbonyl (C=O) groups is 2. The molecule has 1 saturated heterocycles. The van der Waals surface area contributed by atoms with Crippen LogP contribution in [0.1, 0.15) is 11.1 Å². The van der Waals surface area contributed by atoms with Gasteiger partial charge in [0.15, 0.2) is 13.1 Å². The van der Waals surface area contributed by atoms with Gasteiger partial charge in [0.2, 0.25) is 0 Å². The molecule has 0 spiro atoms. The molecular formula is C23H31N4O2+. The van der Waals surface area contributed by atoms with Crippen LogP contribution in [-0.2, 0) is 9.59 Å². The Balaban J connectivity index is 1.44. The molecule has 2 N–H and O–H groups in total. The van der Waals surface area contributed by atoms with Crippen molar-refractivity contribution in [2.45, 2.75) is 13.8 Å². The highest BCUT2D eigenvalue weighted by Crippen LogP contribution is 2.17. The van der Waals surface area contributed by atoms with Gasteiger partial charge in [0, 0.05) is 37.6 Å². The Kier molecular flexibility index (Phi) is 6.88. The van der Waals surface area contributed by atoms with Crippen LogP contribution < -0.4 is 15.1 Å². The van der Waals surface area contributed by atoms with Gasteiger partial charge in [-0.15, -0.1) is 0 Å². The zero-order valence-corrected chi connectivity index (χ0v) is 17.6. The normalized spacial score (nSPS) is 15.1. The summed E-state index contributed by atoms with van der Waals surface area (Å²) in [4.78, 5) is 30.1. The SMILES string of the molecule is Cc1cccc(NC(=O)C[NH+](C)CC(=O)N2CCN(c3ccccc3)CC2)c1C. The van der Waals surface area contributed by atoms with Gasteiger partial charge in [-0.2, -0.15) is 0 Å². The van der Waals surface area contributed by atoms with E-state index in [1.807, 2.05) is 62.2 Å². The largest absolute Gasteiger partial charge is 0.368 e. The first-order valence-electron chi connectivity index (χ1n) is 10.2. The number of nitrogens with zero attached hydrogens (tertiary/aromatic N) is 2. The van der Waals surface area contributed by atoms with Crippen molar-refractivity contribution in [2.24, 2.45) is 0 Å². The Morgan fingerprint density at radius 1 is 0.931 bits per heavy atom. The third-order valence-corrected chi connectivity index (χ3v) is 5.55. The molecule has 2 aromatic rings. The standard InChI is InChI=1S/C23H30N4O2/c1-18-8-7-11-21(19(18)2)24-22(28)16-25(3)17-23(29)27-14-12-26(13-15-27)20-9-5-4-6-10-20/h4-11H,12-17H2,1-3H3,(H,24,28)/p+1. The van der Waals surface area contributed by atoms with Crippen LogP contribution in [0.25, 0.3) is 0 Å². The van der Waals surface area contributed by atoms with Crippen LogP contribution in [0.3, 0.4) is 0 Å². The molecule has 154 valence electrons. The van der Waals surface area contributed by atoms with E-state index >= 15 is 0 Å². The molecule has 6 nitrogen and oxygen atoms in total. The molecule has 1 unspecified atom stereocenters. The number of nitrogens with one attached hydrogen (secondary N) is 2. The highest BCUT2D eigenvalue weighted by Gasteiger charge is 2.24. The average molecular weight is 396 g/mol. The van der Waals surface area contributed by atoms with Gasteiger partial charge in [-0.1, -0.05) is 30.3 Å². The van der Waals surface area contributed by atoms with Crippen LogP contribution in [0.15, 0.2) is 48.5 Å². The highest BCUT2D eigenvalue weighted by molar-refractivity contribution is 5.92. The van der Waals surface area contributed by atoms with Crippen molar-refractivity contribution in [3.8, 4) is 0 Å². The Labute approximate surface area is 173 Å². The van der Waals surface area contributed by atoms with E-state index in [9.17, 15) is 9.59 Å². The number of para-hydroxylation sites is 1. The van der Waals surface area contributed by atoms with E-state index < -0.39 is 0 Å². The molecule has 2 amide bonds. The molecular weight excluding hydrogens is 364 g/mol. The van der Waals surface area contributed by atoms with E-state index in [2.05, 4.69) is 22.3 Å². The third-order valence-electron chi connectivity index (χ3n) is 5.55. The first-order valence-corrected chi connectivity index (χ1v) is 10.2. The molecule has 2 aromatic carbocycles. The number of amides is 2. The molecule has 3 rings (SSSR count). The van der Waals surface area contributed by atoms with E-state index in [4.69, 9.17) is 0 Å². The summed E-state index contributed by atoms with van der Waals surface area (Å²) in [7, 11) is 1.89. The summed E-state index contributed by atoms with van der Waals surface area (Å²) in [6, 6.07) is 16.2. The van der Waals surface area contributed by atoms with Gasteiger partial charge < -0.3 is 20.0 Å². The summed E-state index contributed by atoms with van der Waals surface area (Å²) in [6.45, 7) is 7.72. The second-order valence-electron chi connectivity index (χ2n) is 7.81. The average Bonchev–Trinajstić information content (AvgIpc) is 2.72. The molecule has 1 aliphatic heterocycles. The number of rotatable bonds is 6. The van der Waals surface area contributed by atoms with Gasteiger partial charge in [0.25, 0.3) is 11.8 Å². The first kappa shape index (κ1) is 20.9. The summed E-state index contributed by atoms with van der Waals surface area (Å²) >= 11 is 0. The molecule has 1 aliphatic rings. The first-order chi connectivity index (χ1) is 13.9. The number of aryl methyl sites for hydroxylation is 1. The van der Waals surface area contributed by atoms with Gasteiger partial charge in [0.1, 0.15) is 0 Å². The molecule has 0 aliphatic carbocycles. The predicted molar refractivity (Wildman–Crippen MR) is 116 cm³/mol. The maximum absolute atomic E-state index is 12.6. The molecule has 0 saturated carbocycles. The number of piperazine rings is 1. The molecule has 0 aromatic heterocycles. The van der Waals surface area contributed by atoms with Crippen LogP contribution in [0.2, 0.25) is 0 Å². The minimum Gasteiger partial charge on any atom is -0.368 e. The quantitative estimate of drug-likeness (QED) is 0.770. The van der Waals surface area contributed by atoms with Crippen molar-refractivity contribution >= 4 is 23.2 Å². The predicted octanol–water partition coefficient (Wildman–Crippen LogP) is 1.11. The number of likely N-dealkylation sites (N-methyl/N-ethyl adjacent to an activating group) is 1. The van der Waals surface area contributed by atoms with Crippen LogP contribution in [0.5, 0.6) is 0 Å². The third kappa shape index (κ3) is 5.57. The van der Waals surface area contributed by atoms with Crippen molar-refractivity contribution in [3.63, 3.8) is 0 Å². The molecule has 0 radical (unpaired) electrons. The molecule has 1 heterocycles. The topological polar surface area (TPSA) is 57.1 Å². The van der Waals surface area contributed by atoms with Crippen LogP contribution >= 0.6 is 0 Å². The van der Waals surface area contributed by atoms with Crippen molar-refractivity contribution in [3.05, 3.63) is 59.7 Å². The second-order valence-corrected chi connectivity index (χ2v) is 7.81. The number of carbonyl (C=O) groups excluding carboxylic acids is 2. The lowest BCUT2D eigenvalue weighted by Gasteiger charge is -2.36. The van der Waals surface area contributed by atoms with Crippen molar-refractivity contribution < 1.29 is 14.5 Å². The number of anilines is 2. The zero-order valence-electron chi connectivity index (χ0n) is 17.6.